The summed E-state index contributed by atoms with van der Waals surface area (Å²) in [7, 11) is 0. The molecule has 6 nitrogen and oxygen atoms in total. The van der Waals surface area contributed by atoms with Crippen molar-refractivity contribution in [1.82, 2.24) is 0 Å². The van der Waals surface area contributed by atoms with Crippen LogP contribution in [0.5, 0.6) is 23.0 Å². The number of hydrogen-bond acceptors (Lipinski definition) is 6. The highest BCUT2D eigenvalue weighted by Gasteiger charge is 2.13. The number of hydrogen-bond donors (Lipinski definition) is 2. The summed E-state index contributed by atoms with van der Waals surface area (Å²) < 4.78 is 16.1. The molecule has 2 N–H and O–H groups in total. The smallest absolute Gasteiger partial charge is 0.231 e. The van der Waals surface area contributed by atoms with Gasteiger partial charge in [-0.25, -0.2) is 0 Å². The lowest BCUT2D eigenvalue weighted by atomic mass is 10.2. The predicted octanol–water partition coefficient (Wildman–Crippen LogP) is 2.51. The van der Waals surface area contributed by atoms with Gasteiger partial charge in [0, 0.05) is 11.6 Å². The zero-order valence-electron chi connectivity index (χ0n) is 11.0. The average Bonchev–Trinajstić information content (AvgIpc) is 2.95. The van der Waals surface area contributed by atoms with Gasteiger partial charge in [0.05, 0.1) is 6.21 Å². The molecule has 0 atom stereocenters. The predicted molar refractivity (Wildman–Crippen MR) is 74.4 cm³/mol. The highest BCUT2D eigenvalue weighted by Crippen LogP contribution is 2.33. The Morgan fingerprint density at radius 3 is 2.81 bits per heavy atom. The molecule has 108 valence electrons. The number of oxime groups is 1. The first kappa shape index (κ1) is 13.1. The fourth-order valence-corrected chi connectivity index (χ4v) is 1.98. The van der Waals surface area contributed by atoms with Gasteiger partial charge in [-0.1, -0.05) is 11.2 Å². The van der Waals surface area contributed by atoms with Gasteiger partial charge in [0.1, 0.15) is 18.1 Å². The highest BCUT2D eigenvalue weighted by molar-refractivity contribution is 5.83. The molecule has 0 amide bonds. The van der Waals surface area contributed by atoms with E-state index in [0.717, 1.165) is 17.5 Å². The second-order valence-corrected chi connectivity index (χ2v) is 4.44. The maximum Gasteiger partial charge on any atom is 0.231 e. The standard InChI is InChI=1S/C15H13NO5/c17-13-6-12(3-2-11(13)7-16-18)19-8-10-1-4-14-15(5-10)21-9-20-14/h1-7,17-18H,8-9H2. The number of phenolic OH excluding ortho intramolecular Hbond substituents is 1. The molecule has 1 aliphatic rings. The molecule has 1 heterocycles. The first-order valence-electron chi connectivity index (χ1n) is 6.28. The van der Waals surface area contributed by atoms with E-state index in [9.17, 15) is 5.11 Å². The van der Waals surface area contributed by atoms with Gasteiger partial charge in [-0.3, -0.25) is 0 Å². The van der Waals surface area contributed by atoms with Crippen molar-refractivity contribution in [2.75, 3.05) is 6.79 Å². The van der Waals surface area contributed by atoms with Crippen molar-refractivity contribution < 1.29 is 24.5 Å². The van der Waals surface area contributed by atoms with E-state index in [0.29, 0.717) is 23.7 Å². The van der Waals surface area contributed by atoms with Crippen molar-refractivity contribution in [3.05, 3.63) is 47.5 Å². The number of aromatic hydroxyl groups is 1. The quantitative estimate of drug-likeness (QED) is 0.513. The van der Waals surface area contributed by atoms with E-state index in [-0.39, 0.29) is 12.5 Å². The Hall–Kier alpha value is -2.89. The third-order valence-corrected chi connectivity index (χ3v) is 3.04. The molecule has 0 aliphatic carbocycles. The monoisotopic (exact) mass is 287 g/mol. The summed E-state index contributed by atoms with van der Waals surface area (Å²) in [5, 5.41) is 21.0. The molecule has 2 aromatic rings. The van der Waals surface area contributed by atoms with Crippen molar-refractivity contribution in [2.45, 2.75) is 6.61 Å². The van der Waals surface area contributed by atoms with E-state index in [2.05, 4.69) is 5.16 Å². The summed E-state index contributed by atoms with van der Waals surface area (Å²) in [5.74, 6) is 1.92. The Labute approximate surface area is 120 Å². The maximum atomic E-state index is 9.73. The van der Waals surface area contributed by atoms with Crippen molar-refractivity contribution in [2.24, 2.45) is 5.16 Å². The lowest BCUT2D eigenvalue weighted by molar-refractivity contribution is 0.174. The van der Waals surface area contributed by atoms with Gasteiger partial charge in [-0.15, -0.1) is 0 Å². The number of nitrogens with zero attached hydrogens (tertiary/aromatic N) is 1. The molecule has 0 spiro atoms. The SMILES string of the molecule is ON=Cc1ccc(OCc2ccc3c(c2)OCO3)cc1O. The van der Waals surface area contributed by atoms with Gasteiger partial charge in [0.25, 0.3) is 0 Å². The van der Waals surface area contributed by atoms with Crippen LogP contribution in [-0.2, 0) is 6.61 Å². The minimum Gasteiger partial charge on any atom is -0.507 e. The Bertz CT molecular complexity index is 684. The molecule has 21 heavy (non-hydrogen) atoms. The molecule has 3 rings (SSSR count). The molecule has 0 bridgehead atoms. The molecular formula is C15H13NO5. The first-order chi connectivity index (χ1) is 10.3. The van der Waals surface area contributed by atoms with Crippen LogP contribution in [0.1, 0.15) is 11.1 Å². The van der Waals surface area contributed by atoms with E-state index < -0.39 is 0 Å². The first-order valence-corrected chi connectivity index (χ1v) is 6.28. The Morgan fingerprint density at radius 1 is 1.14 bits per heavy atom. The van der Waals surface area contributed by atoms with Crippen molar-refractivity contribution in [3.8, 4) is 23.0 Å². The minimum atomic E-state index is -0.0176. The number of benzene rings is 2. The van der Waals surface area contributed by atoms with Crippen LogP contribution >= 0.6 is 0 Å². The van der Waals surface area contributed by atoms with Crippen molar-refractivity contribution in [1.29, 1.82) is 0 Å². The van der Waals surface area contributed by atoms with Gasteiger partial charge in [0.15, 0.2) is 11.5 Å². The molecule has 0 unspecified atom stereocenters. The molecule has 0 radical (unpaired) electrons. The summed E-state index contributed by atoms with van der Waals surface area (Å²) in [4.78, 5) is 0. The van der Waals surface area contributed by atoms with Crippen LogP contribution in [0, 0.1) is 0 Å². The Balaban J connectivity index is 1.69. The largest absolute Gasteiger partial charge is 0.507 e. The lowest BCUT2D eigenvalue weighted by Gasteiger charge is -2.08. The maximum absolute atomic E-state index is 9.73. The van der Waals surface area contributed by atoms with E-state index in [1.54, 1.807) is 12.1 Å². The number of phenols is 1. The highest BCUT2D eigenvalue weighted by atomic mass is 16.7. The topological polar surface area (TPSA) is 80.5 Å². The van der Waals surface area contributed by atoms with E-state index in [4.69, 9.17) is 19.4 Å². The third-order valence-electron chi connectivity index (χ3n) is 3.04. The second kappa shape index (κ2) is 5.62. The summed E-state index contributed by atoms with van der Waals surface area (Å²) in [6.07, 6.45) is 1.15. The number of ether oxygens (including phenoxy) is 3. The third kappa shape index (κ3) is 2.84. The van der Waals surface area contributed by atoms with Crippen LogP contribution in [-0.4, -0.2) is 23.3 Å². The molecule has 0 fully saturated rings. The summed E-state index contributed by atoms with van der Waals surface area (Å²) >= 11 is 0. The summed E-state index contributed by atoms with van der Waals surface area (Å²) in [6, 6.07) is 10.3. The van der Waals surface area contributed by atoms with Crippen LogP contribution in [0.25, 0.3) is 0 Å². The van der Waals surface area contributed by atoms with Gasteiger partial charge < -0.3 is 24.5 Å². The fourth-order valence-electron chi connectivity index (χ4n) is 1.98. The molecule has 0 aromatic heterocycles. The normalized spacial score (nSPS) is 12.8. The molecule has 0 saturated heterocycles. The number of fused-ring (bicyclic) bond motifs is 1. The van der Waals surface area contributed by atoms with Crippen LogP contribution in [0.3, 0.4) is 0 Å². The van der Waals surface area contributed by atoms with Crippen LogP contribution in [0.4, 0.5) is 0 Å². The molecular weight excluding hydrogens is 274 g/mol. The zero-order valence-corrected chi connectivity index (χ0v) is 11.0. The van der Waals surface area contributed by atoms with Crippen LogP contribution in [0.15, 0.2) is 41.6 Å². The van der Waals surface area contributed by atoms with Gasteiger partial charge >= 0.3 is 0 Å². The van der Waals surface area contributed by atoms with Crippen molar-refractivity contribution in [3.63, 3.8) is 0 Å². The molecule has 0 saturated carbocycles. The zero-order chi connectivity index (χ0) is 14.7. The van der Waals surface area contributed by atoms with E-state index in [1.807, 2.05) is 18.2 Å². The van der Waals surface area contributed by atoms with E-state index in [1.165, 1.54) is 6.07 Å². The average molecular weight is 287 g/mol. The number of rotatable bonds is 4. The minimum absolute atomic E-state index is 0.0176. The van der Waals surface area contributed by atoms with Crippen LogP contribution < -0.4 is 14.2 Å². The summed E-state index contributed by atoms with van der Waals surface area (Å²) in [6.45, 7) is 0.574. The second-order valence-electron chi connectivity index (χ2n) is 4.44. The van der Waals surface area contributed by atoms with Crippen LogP contribution in [0.2, 0.25) is 0 Å². The Morgan fingerprint density at radius 2 is 2.00 bits per heavy atom. The fraction of sp³-hybridized carbons (Fsp3) is 0.133. The van der Waals surface area contributed by atoms with E-state index >= 15 is 0 Å². The lowest BCUT2D eigenvalue weighted by Crippen LogP contribution is -1.96. The van der Waals surface area contributed by atoms with Crippen molar-refractivity contribution >= 4 is 6.21 Å². The molecule has 6 heteroatoms. The van der Waals surface area contributed by atoms with Gasteiger partial charge in [-0.05, 0) is 29.8 Å². The summed E-state index contributed by atoms with van der Waals surface area (Å²) in [5.41, 5.74) is 1.34. The van der Waals surface area contributed by atoms with Gasteiger partial charge in [0.2, 0.25) is 6.79 Å². The molecule has 1 aliphatic heterocycles. The molecule has 2 aromatic carbocycles. The van der Waals surface area contributed by atoms with Gasteiger partial charge in [-0.2, -0.15) is 0 Å². The Kier molecular flexibility index (Phi) is 3.51.